The third-order valence-corrected chi connectivity index (χ3v) is 10.0. The summed E-state index contributed by atoms with van der Waals surface area (Å²) in [6, 6.07) is 9.92. The Bertz CT molecular complexity index is 1600. The minimum Gasteiger partial charge on any atom is -0.510 e. The first-order valence-electron chi connectivity index (χ1n) is 14.5. The number of benzene rings is 2. The summed E-state index contributed by atoms with van der Waals surface area (Å²) in [4.78, 5) is 42.0. The van der Waals surface area contributed by atoms with E-state index in [-0.39, 0.29) is 36.6 Å². The fourth-order valence-corrected chi connectivity index (χ4v) is 7.76. The van der Waals surface area contributed by atoms with Gasteiger partial charge in [0.1, 0.15) is 29.4 Å². The fourth-order valence-electron chi connectivity index (χ4n) is 7.41. The molecule has 0 saturated carbocycles. The summed E-state index contributed by atoms with van der Waals surface area (Å²) < 4.78 is 6.28. The number of carbonyl (C=O) groups is 3. The van der Waals surface area contributed by atoms with E-state index < -0.39 is 58.0 Å². The molecule has 1 amide bonds. The number of likely N-dealkylation sites (tertiary alicyclic amines) is 1. The number of aliphatic hydroxyl groups excluding tert-OH is 2. The van der Waals surface area contributed by atoms with Crippen LogP contribution >= 0.6 is 11.6 Å². The molecule has 0 spiro atoms. The van der Waals surface area contributed by atoms with Gasteiger partial charge in [0.15, 0.2) is 11.4 Å². The first-order valence-corrected chi connectivity index (χ1v) is 14.9. The summed E-state index contributed by atoms with van der Waals surface area (Å²) in [5.74, 6) is -6.45. The van der Waals surface area contributed by atoms with Crippen LogP contribution in [-0.2, 0) is 22.6 Å². The number of fused-ring (bicyclic) bond motifs is 3. The van der Waals surface area contributed by atoms with Gasteiger partial charge in [-0.25, -0.2) is 0 Å². The van der Waals surface area contributed by atoms with Gasteiger partial charge in [-0.15, -0.1) is 0 Å². The Morgan fingerprint density at radius 2 is 1.93 bits per heavy atom. The smallest absolute Gasteiger partial charge is 0.255 e. The van der Waals surface area contributed by atoms with Gasteiger partial charge >= 0.3 is 0 Å². The molecule has 2 aromatic rings. The van der Waals surface area contributed by atoms with Crippen molar-refractivity contribution in [2.75, 3.05) is 13.1 Å². The van der Waals surface area contributed by atoms with Crippen molar-refractivity contribution in [1.82, 2.24) is 4.90 Å². The van der Waals surface area contributed by atoms with Gasteiger partial charge in [-0.05, 0) is 67.4 Å². The van der Waals surface area contributed by atoms with Gasteiger partial charge in [-0.2, -0.15) is 0 Å². The zero-order valence-corrected chi connectivity index (χ0v) is 24.4. The summed E-state index contributed by atoms with van der Waals surface area (Å²) in [5, 5.41) is 34.2. The van der Waals surface area contributed by atoms with Gasteiger partial charge in [0, 0.05) is 22.6 Å². The van der Waals surface area contributed by atoms with Crippen LogP contribution in [0.2, 0.25) is 5.02 Å². The molecule has 226 valence electrons. The summed E-state index contributed by atoms with van der Waals surface area (Å²) >= 11 is 7.10. The molecule has 1 aliphatic heterocycles. The average Bonchev–Trinajstić information content (AvgIpc) is 3.46. The van der Waals surface area contributed by atoms with E-state index in [0.29, 0.717) is 16.3 Å². The Morgan fingerprint density at radius 1 is 1.21 bits per heavy atom. The summed E-state index contributed by atoms with van der Waals surface area (Å²) in [6.45, 7) is 4.01. The number of nitrogens with zero attached hydrogens (tertiary/aromatic N) is 1. The van der Waals surface area contributed by atoms with Gasteiger partial charge in [0.2, 0.25) is 5.78 Å². The maximum Gasteiger partial charge on any atom is 0.255 e. The highest BCUT2D eigenvalue weighted by molar-refractivity contribution is 6.33. The molecule has 6 rings (SSSR count). The van der Waals surface area contributed by atoms with E-state index in [1.807, 2.05) is 30.3 Å². The van der Waals surface area contributed by atoms with E-state index in [9.17, 15) is 29.7 Å². The molecule has 1 fully saturated rings. The van der Waals surface area contributed by atoms with Crippen molar-refractivity contribution in [3.05, 3.63) is 86.3 Å². The van der Waals surface area contributed by atoms with Crippen molar-refractivity contribution < 1.29 is 34.4 Å². The van der Waals surface area contributed by atoms with Gasteiger partial charge < -0.3 is 31.5 Å². The lowest BCUT2D eigenvalue weighted by Gasteiger charge is -2.48. The van der Waals surface area contributed by atoms with E-state index in [4.69, 9.17) is 27.8 Å². The number of rotatable bonds is 6. The molecule has 43 heavy (non-hydrogen) atoms. The van der Waals surface area contributed by atoms with Crippen molar-refractivity contribution in [3.63, 3.8) is 0 Å². The highest BCUT2D eigenvalue weighted by Gasteiger charge is 2.62. The number of aliphatic hydroxyl groups is 3. The van der Waals surface area contributed by atoms with Crippen LogP contribution in [0.5, 0.6) is 5.75 Å². The van der Waals surface area contributed by atoms with Crippen LogP contribution in [0.4, 0.5) is 0 Å². The Balaban J connectivity index is 1.50. The number of hydrogen-bond donors (Lipinski definition) is 5. The topological polar surface area (TPSA) is 176 Å². The van der Waals surface area contributed by atoms with E-state index in [0.717, 1.165) is 37.1 Å². The zero-order valence-electron chi connectivity index (χ0n) is 23.7. The molecule has 11 heteroatoms. The van der Waals surface area contributed by atoms with E-state index in [2.05, 4.69) is 11.8 Å². The molecule has 7 N–H and O–H groups in total. The number of hydrogen-bond acceptors (Lipinski definition) is 9. The molecular weight excluding hydrogens is 574 g/mol. The highest BCUT2D eigenvalue weighted by Crippen LogP contribution is 2.53. The second-order valence-corrected chi connectivity index (χ2v) is 12.2. The maximum absolute atomic E-state index is 14.3. The third kappa shape index (κ3) is 4.38. The van der Waals surface area contributed by atoms with Crippen molar-refractivity contribution in [1.29, 1.82) is 0 Å². The van der Waals surface area contributed by atoms with Crippen LogP contribution in [0.25, 0.3) is 0 Å². The first-order chi connectivity index (χ1) is 20.5. The fraction of sp³-hybridized carbons (Fsp3) is 0.406. The van der Waals surface area contributed by atoms with Gasteiger partial charge in [0.25, 0.3) is 5.91 Å². The SMILES string of the molecule is CCN1CCCC1c1cc(OCc2ccccc2)c2c(c1Cl)C[C@H]1C[C@H]3[C@H](N)C(O)=C(C(N)=O)C(=O)[C@@]3(O)C(O)=C1C2=O. The molecule has 1 heterocycles. The van der Waals surface area contributed by atoms with E-state index >= 15 is 0 Å². The number of primary amides is 1. The normalized spacial score (nSPS) is 28.9. The van der Waals surface area contributed by atoms with Crippen LogP contribution < -0.4 is 16.2 Å². The first kappa shape index (κ1) is 29.4. The number of ketones is 2. The third-order valence-electron chi connectivity index (χ3n) is 9.57. The number of nitrogens with two attached hydrogens (primary N) is 2. The minimum absolute atomic E-state index is 0.0324. The molecule has 0 radical (unpaired) electrons. The number of allylic oxidation sites excluding steroid dienone is 1. The zero-order chi connectivity index (χ0) is 30.8. The van der Waals surface area contributed by atoms with Crippen molar-refractivity contribution in [2.45, 2.75) is 56.9 Å². The van der Waals surface area contributed by atoms with Crippen molar-refractivity contribution >= 4 is 29.1 Å². The summed E-state index contributed by atoms with van der Waals surface area (Å²) in [7, 11) is 0. The molecule has 5 atom stereocenters. The quantitative estimate of drug-likeness (QED) is 0.309. The molecule has 3 aliphatic carbocycles. The Kier molecular flexibility index (Phi) is 7.37. The highest BCUT2D eigenvalue weighted by atomic mass is 35.5. The Hall–Kier alpha value is -3.70. The molecule has 0 aromatic heterocycles. The minimum atomic E-state index is -2.71. The number of ether oxygens (including phenoxy) is 1. The van der Waals surface area contributed by atoms with Crippen LogP contribution in [0.1, 0.15) is 59.3 Å². The lowest BCUT2D eigenvalue weighted by atomic mass is 9.59. The predicted octanol–water partition coefficient (Wildman–Crippen LogP) is 3.20. The molecule has 10 nitrogen and oxygen atoms in total. The van der Waals surface area contributed by atoms with Gasteiger partial charge in [-0.1, -0.05) is 48.9 Å². The lowest BCUT2D eigenvalue weighted by Crippen LogP contribution is -2.63. The van der Waals surface area contributed by atoms with Crippen molar-refractivity contribution in [2.24, 2.45) is 23.3 Å². The maximum atomic E-state index is 14.3. The van der Waals surface area contributed by atoms with Gasteiger partial charge in [0.05, 0.1) is 11.6 Å². The van der Waals surface area contributed by atoms with Gasteiger partial charge in [-0.3, -0.25) is 19.3 Å². The summed E-state index contributed by atoms with van der Waals surface area (Å²) in [6.07, 6.45) is 2.07. The van der Waals surface area contributed by atoms with Crippen LogP contribution in [0.15, 0.2) is 59.1 Å². The molecule has 2 aromatic carbocycles. The standard InChI is InChI=1S/C32H34ClN3O7/c1-2-36-10-6-9-20(36)17-13-21(43-14-15-7-4-3-5-8-15)23-18(25(17)33)11-16-12-19-26(34)28(38)24(31(35)41)30(40)32(19,42)29(39)22(16)27(23)37/h3-5,7-8,13,16,19-20,26,38-39,42H,2,6,9-12,14,34H2,1H3,(H2,35,41)/t16-,19-,20?,26-,32-/m0/s1. The molecule has 4 aliphatic rings. The van der Waals surface area contributed by atoms with Crippen molar-refractivity contribution in [3.8, 4) is 5.75 Å². The van der Waals surface area contributed by atoms with E-state index in [1.54, 1.807) is 6.07 Å². The summed E-state index contributed by atoms with van der Waals surface area (Å²) in [5.41, 5.74) is 10.2. The average molecular weight is 608 g/mol. The number of amides is 1. The number of carbonyl (C=O) groups excluding carboxylic acids is 3. The largest absolute Gasteiger partial charge is 0.510 e. The second kappa shape index (κ2) is 10.8. The van der Waals surface area contributed by atoms with Crippen LogP contribution in [0.3, 0.4) is 0 Å². The Labute approximate surface area is 253 Å². The molecule has 0 bridgehead atoms. The molecular formula is C32H34ClN3O7. The number of Topliss-reactive ketones (excluding diaryl/α,β-unsaturated/α-hetero) is 2. The van der Waals surface area contributed by atoms with Crippen LogP contribution in [0, 0.1) is 11.8 Å². The Morgan fingerprint density at radius 3 is 2.60 bits per heavy atom. The molecule has 1 saturated heterocycles. The molecule has 1 unspecified atom stereocenters. The van der Waals surface area contributed by atoms with E-state index in [1.165, 1.54) is 0 Å². The monoisotopic (exact) mass is 607 g/mol. The number of halogens is 1. The lowest BCUT2D eigenvalue weighted by molar-refractivity contribution is -0.145. The second-order valence-electron chi connectivity index (χ2n) is 11.8. The predicted molar refractivity (Wildman–Crippen MR) is 158 cm³/mol. The van der Waals surface area contributed by atoms with Crippen LogP contribution in [-0.4, -0.2) is 62.4 Å².